The van der Waals surface area contributed by atoms with E-state index in [1.165, 1.54) is 13.2 Å². The number of piperidine rings is 2. The van der Waals surface area contributed by atoms with Crippen LogP contribution >= 0.6 is 11.6 Å². The number of rotatable bonds is 6. The predicted octanol–water partition coefficient (Wildman–Crippen LogP) is 4.13. The van der Waals surface area contributed by atoms with Crippen molar-refractivity contribution in [1.82, 2.24) is 4.90 Å². The summed E-state index contributed by atoms with van der Waals surface area (Å²) in [6, 6.07) is 11.7. The molecule has 2 aliphatic rings. The van der Waals surface area contributed by atoms with Crippen molar-refractivity contribution < 1.29 is 22.7 Å². The van der Waals surface area contributed by atoms with Crippen molar-refractivity contribution in [3.05, 3.63) is 47.5 Å². The maximum Gasteiger partial charge on any atom is 0.247 e. The first-order valence-electron chi connectivity index (χ1n) is 12.2. The smallest absolute Gasteiger partial charge is 0.247 e. The molecule has 0 bridgehead atoms. The van der Waals surface area contributed by atoms with Gasteiger partial charge in [-0.05, 0) is 61.7 Å². The summed E-state index contributed by atoms with van der Waals surface area (Å²) in [5.41, 5.74) is 1.55. The summed E-state index contributed by atoms with van der Waals surface area (Å²) < 4.78 is 29.5. The first-order valence-corrected chi connectivity index (χ1v) is 14.5. The zero-order chi connectivity index (χ0) is 25.9. The molecule has 4 rings (SSSR count). The highest BCUT2D eigenvalue weighted by Gasteiger charge is 2.30. The van der Waals surface area contributed by atoms with Crippen LogP contribution in [-0.2, 0) is 19.4 Å². The van der Waals surface area contributed by atoms with Gasteiger partial charge in [-0.3, -0.25) is 9.59 Å². The van der Waals surface area contributed by atoms with Gasteiger partial charge < -0.3 is 19.9 Å². The lowest BCUT2D eigenvalue weighted by atomic mass is 10.0. The molecule has 0 spiro atoms. The fraction of sp³-hybridized carbons (Fsp3) is 0.462. The Bertz CT molecular complexity index is 1210. The Kier molecular flexibility index (Phi) is 8.10. The van der Waals surface area contributed by atoms with Crippen molar-refractivity contribution in [3.63, 3.8) is 0 Å². The fourth-order valence-electron chi connectivity index (χ4n) is 4.80. The van der Waals surface area contributed by atoms with E-state index in [0.717, 1.165) is 44.5 Å². The van der Waals surface area contributed by atoms with Crippen LogP contribution in [0.1, 0.15) is 39.0 Å². The molecule has 2 fully saturated rings. The first-order chi connectivity index (χ1) is 17.1. The molecule has 0 radical (unpaired) electrons. The Morgan fingerprint density at radius 1 is 1.00 bits per heavy atom. The second-order valence-corrected chi connectivity index (χ2v) is 11.9. The Morgan fingerprint density at radius 2 is 1.69 bits per heavy atom. The van der Waals surface area contributed by atoms with Crippen LogP contribution in [0.3, 0.4) is 0 Å². The van der Waals surface area contributed by atoms with Gasteiger partial charge in [-0.1, -0.05) is 11.6 Å². The predicted molar refractivity (Wildman–Crippen MR) is 141 cm³/mol. The number of amides is 2. The van der Waals surface area contributed by atoms with Gasteiger partial charge in [0.15, 0.2) is 9.84 Å². The molecule has 0 aromatic heterocycles. The average molecular weight is 534 g/mol. The summed E-state index contributed by atoms with van der Waals surface area (Å²) in [6.07, 6.45) is 5.28. The zero-order valence-corrected chi connectivity index (χ0v) is 22.1. The largest absolute Gasteiger partial charge is 0.489 e. The molecule has 194 valence electrons. The lowest BCUT2D eigenvalue weighted by Gasteiger charge is -2.34. The Balaban J connectivity index is 1.31. The van der Waals surface area contributed by atoms with Crippen molar-refractivity contribution in [2.24, 2.45) is 0 Å². The maximum absolute atomic E-state index is 12.8. The Labute approximate surface area is 217 Å². The average Bonchev–Trinajstić information content (AvgIpc) is 2.85. The van der Waals surface area contributed by atoms with E-state index in [1.807, 2.05) is 12.1 Å². The van der Waals surface area contributed by atoms with Crippen molar-refractivity contribution in [3.8, 4) is 5.75 Å². The lowest BCUT2D eigenvalue weighted by Crippen LogP contribution is -2.49. The number of hydrogen-bond acceptors (Lipinski definition) is 6. The summed E-state index contributed by atoms with van der Waals surface area (Å²) in [6.45, 7) is 3.66. The third-order valence-corrected chi connectivity index (χ3v) is 8.20. The Morgan fingerprint density at radius 3 is 2.31 bits per heavy atom. The van der Waals surface area contributed by atoms with Gasteiger partial charge in [0, 0.05) is 57.0 Å². The van der Waals surface area contributed by atoms with Crippen molar-refractivity contribution in [2.75, 3.05) is 36.1 Å². The minimum atomic E-state index is -3.21. The van der Waals surface area contributed by atoms with Gasteiger partial charge in [-0.2, -0.15) is 0 Å². The maximum atomic E-state index is 12.8. The van der Waals surface area contributed by atoms with E-state index in [-0.39, 0.29) is 17.9 Å². The van der Waals surface area contributed by atoms with Gasteiger partial charge in [0.05, 0.1) is 9.92 Å². The van der Waals surface area contributed by atoms with Crippen LogP contribution in [0.25, 0.3) is 0 Å². The van der Waals surface area contributed by atoms with Crippen molar-refractivity contribution in [1.29, 1.82) is 0 Å². The number of hydrogen-bond donors (Lipinski definition) is 1. The SMILES string of the molecule is CC(=O)N1CCCCC1C(=O)Nc1ccc(OC2CCN(c3ccc(S(C)(=O)=O)cc3)CC2)c(Cl)c1. The molecule has 2 aliphatic heterocycles. The molecule has 2 amide bonds. The van der Waals surface area contributed by atoms with Crippen LogP contribution in [0.2, 0.25) is 5.02 Å². The third-order valence-electron chi connectivity index (χ3n) is 6.77. The highest BCUT2D eigenvalue weighted by atomic mass is 35.5. The molecular weight excluding hydrogens is 502 g/mol. The molecule has 2 aromatic carbocycles. The minimum absolute atomic E-state index is 0.000785. The monoisotopic (exact) mass is 533 g/mol. The van der Waals surface area contributed by atoms with Gasteiger partial charge in [0.25, 0.3) is 0 Å². The van der Waals surface area contributed by atoms with Crippen LogP contribution in [0.5, 0.6) is 5.75 Å². The second kappa shape index (κ2) is 11.1. The topological polar surface area (TPSA) is 96.0 Å². The number of benzene rings is 2. The molecule has 0 saturated carbocycles. The number of ether oxygens (including phenoxy) is 1. The van der Waals surface area contributed by atoms with E-state index in [2.05, 4.69) is 10.2 Å². The number of carbonyl (C=O) groups is 2. The highest BCUT2D eigenvalue weighted by Crippen LogP contribution is 2.31. The standard InChI is InChI=1S/C26H32ClN3O5S/c1-18(31)30-14-4-3-5-24(30)26(32)28-19-6-11-25(23(27)17-19)35-21-12-15-29(16-13-21)20-7-9-22(10-8-20)36(2,33)34/h6-11,17,21,24H,3-5,12-16H2,1-2H3,(H,28,32). The number of sulfone groups is 1. The molecule has 8 nitrogen and oxygen atoms in total. The van der Waals surface area contributed by atoms with Gasteiger partial charge in [-0.15, -0.1) is 0 Å². The number of halogens is 1. The van der Waals surface area contributed by atoms with Crippen LogP contribution in [0, 0.1) is 0 Å². The van der Waals surface area contributed by atoms with Crippen LogP contribution in [0.15, 0.2) is 47.4 Å². The molecule has 1 N–H and O–H groups in total. The minimum Gasteiger partial charge on any atom is -0.489 e. The second-order valence-electron chi connectivity index (χ2n) is 9.43. The quantitative estimate of drug-likeness (QED) is 0.600. The van der Waals surface area contributed by atoms with Gasteiger partial charge in [0.1, 0.15) is 17.9 Å². The van der Waals surface area contributed by atoms with Gasteiger partial charge >= 0.3 is 0 Å². The van der Waals surface area contributed by atoms with Gasteiger partial charge in [-0.25, -0.2) is 8.42 Å². The summed E-state index contributed by atoms with van der Waals surface area (Å²) >= 11 is 6.47. The summed E-state index contributed by atoms with van der Waals surface area (Å²) in [4.78, 5) is 28.8. The van der Waals surface area contributed by atoms with E-state index in [1.54, 1.807) is 35.2 Å². The first kappa shape index (κ1) is 26.3. The number of carbonyl (C=O) groups excluding carboxylic acids is 2. The number of nitrogens with zero attached hydrogens (tertiary/aromatic N) is 2. The van der Waals surface area contributed by atoms with Crippen molar-refractivity contribution in [2.45, 2.75) is 56.1 Å². The molecule has 36 heavy (non-hydrogen) atoms. The third kappa shape index (κ3) is 6.31. The van der Waals surface area contributed by atoms with Crippen LogP contribution in [0.4, 0.5) is 11.4 Å². The van der Waals surface area contributed by atoms with Crippen LogP contribution in [-0.4, -0.2) is 63.2 Å². The number of likely N-dealkylation sites (tertiary alicyclic amines) is 1. The van der Waals surface area contributed by atoms with E-state index >= 15 is 0 Å². The molecule has 2 aromatic rings. The van der Waals surface area contributed by atoms with E-state index < -0.39 is 15.9 Å². The molecule has 1 atom stereocenters. The molecule has 0 aliphatic carbocycles. The summed E-state index contributed by atoms with van der Waals surface area (Å²) in [5, 5.41) is 3.30. The lowest BCUT2D eigenvalue weighted by molar-refractivity contribution is -0.138. The molecule has 2 saturated heterocycles. The zero-order valence-electron chi connectivity index (χ0n) is 20.6. The van der Waals surface area contributed by atoms with E-state index in [4.69, 9.17) is 16.3 Å². The molecular formula is C26H32ClN3O5S. The summed E-state index contributed by atoms with van der Waals surface area (Å²) in [5.74, 6) is 0.272. The van der Waals surface area contributed by atoms with Gasteiger partial charge in [0.2, 0.25) is 11.8 Å². The van der Waals surface area contributed by atoms with E-state index in [9.17, 15) is 18.0 Å². The molecule has 2 heterocycles. The van der Waals surface area contributed by atoms with Crippen molar-refractivity contribution >= 4 is 44.6 Å². The fourth-order valence-corrected chi connectivity index (χ4v) is 5.65. The number of anilines is 2. The normalized spacial score (nSPS) is 19.1. The summed E-state index contributed by atoms with van der Waals surface area (Å²) in [7, 11) is -3.21. The molecule has 10 heteroatoms. The highest BCUT2D eigenvalue weighted by molar-refractivity contribution is 7.90. The molecule has 1 unspecified atom stereocenters. The van der Waals surface area contributed by atoms with E-state index in [0.29, 0.717) is 34.3 Å². The number of nitrogens with one attached hydrogen (secondary N) is 1. The Hall–Kier alpha value is -2.78. The van der Waals surface area contributed by atoms with Crippen LogP contribution < -0.4 is 15.0 Å².